The van der Waals surface area contributed by atoms with Crippen LogP contribution in [0.5, 0.6) is 0 Å². The van der Waals surface area contributed by atoms with Gasteiger partial charge in [-0.3, -0.25) is 9.59 Å². The van der Waals surface area contributed by atoms with E-state index in [1.165, 1.54) is 18.7 Å². The molecule has 0 spiro atoms. The van der Waals surface area contributed by atoms with Crippen LogP contribution in [-0.2, 0) is 4.79 Å². The van der Waals surface area contributed by atoms with Crippen LogP contribution in [0.2, 0.25) is 0 Å². The molecule has 3 aromatic carbocycles. The number of allylic oxidation sites excluding steroid dienone is 3. The van der Waals surface area contributed by atoms with E-state index in [-0.39, 0.29) is 17.3 Å². The van der Waals surface area contributed by atoms with Crippen molar-refractivity contribution in [1.82, 2.24) is 5.32 Å². The summed E-state index contributed by atoms with van der Waals surface area (Å²) in [5.41, 5.74) is 3.22. The normalized spacial score (nSPS) is 15.9. The van der Waals surface area contributed by atoms with Gasteiger partial charge < -0.3 is 5.32 Å². The number of nitrogens with zero attached hydrogens (tertiary/aromatic N) is 1. The van der Waals surface area contributed by atoms with Gasteiger partial charge in [-0.2, -0.15) is 5.26 Å². The van der Waals surface area contributed by atoms with Crippen molar-refractivity contribution in [2.45, 2.75) is 19.8 Å². The molecule has 6 heteroatoms. The molecular weight excluding hydrogens is 496 g/mol. The molecular formula is C27H21BrN2O2S. The number of nitriles is 1. The number of carbonyl (C=O) groups is 2. The minimum atomic E-state index is -0.472. The number of Topliss-reactive ketones (excluding diaryl/α,β-unsaturated/α-hetero) is 2. The van der Waals surface area contributed by atoms with E-state index in [0.717, 1.165) is 20.8 Å². The molecule has 0 fully saturated rings. The lowest BCUT2D eigenvalue weighted by molar-refractivity contribution is -0.113. The molecule has 0 saturated carbocycles. The fourth-order valence-electron chi connectivity index (χ4n) is 4.07. The van der Waals surface area contributed by atoms with Crippen LogP contribution in [0.4, 0.5) is 0 Å². The Labute approximate surface area is 205 Å². The summed E-state index contributed by atoms with van der Waals surface area (Å²) in [5.74, 6) is -0.393. The topological polar surface area (TPSA) is 70.0 Å². The zero-order valence-electron chi connectivity index (χ0n) is 18.2. The quantitative estimate of drug-likeness (QED) is 0.378. The molecule has 1 aliphatic rings. The van der Waals surface area contributed by atoms with Gasteiger partial charge in [-0.15, -0.1) is 0 Å². The van der Waals surface area contributed by atoms with Crippen LogP contribution in [0.3, 0.4) is 0 Å². The Morgan fingerprint density at radius 2 is 1.76 bits per heavy atom. The van der Waals surface area contributed by atoms with Crippen molar-refractivity contribution in [1.29, 1.82) is 5.26 Å². The van der Waals surface area contributed by atoms with E-state index in [1.807, 2.05) is 73.7 Å². The summed E-state index contributed by atoms with van der Waals surface area (Å²) in [4.78, 5) is 25.4. The van der Waals surface area contributed by atoms with Crippen LogP contribution in [0.1, 0.15) is 35.7 Å². The van der Waals surface area contributed by atoms with E-state index in [4.69, 9.17) is 0 Å². The Balaban J connectivity index is 1.64. The third-order valence-corrected chi connectivity index (χ3v) is 7.19. The Hall–Kier alpha value is -3.14. The average molecular weight is 517 g/mol. The van der Waals surface area contributed by atoms with Crippen molar-refractivity contribution in [2.75, 3.05) is 5.75 Å². The minimum Gasteiger partial charge on any atom is -0.353 e. The lowest BCUT2D eigenvalue weighted by Gasteiger charge is -2.29. The first-order valence-corrected chi connectivity index (χ1v) is 12.2. The molecule has 4 nitrogen and oxygen atoms in total. The molecule has 1 atom stereocenters. The van der Waals surface area contributed by atoms with Gasteiger partial charge in [0, 0.05) is 21.3 Å². The summed E-state index contributed by atoms with van der Waals surface area (Å²) < 4.78 is 0.920. The van der Waals surface area contributed by atoms with E-state index >= 15 is 0 Å². The average Bonchev–Trinajstić information content (AvgIpc) is 2.82. The fraction of sp³-hybridized carbons (Fsp3) is 0.148. The largest absolute Gasteiger partial charge is 0.353 e. The van der Waals surface area contributed by atoms with E-state index in [0.29, 0.717) is 27.4 Å². The highest BCUT2D eigenvalue weighted by atomic mass is 79.9. The van der Waals surface area contributed by atoms with E-state index in [2.05, 4.69) is 27.3 Å². The van der Waals surface area contributed by atoms with Crippen molar-refractivity contribution >= 4 is 50.0 Å². The summed E-state index contributed by atoms with van der Waals surface area (Å²) in [6.45, 7) is 3.35. The molecule has 0 saturated heterocycles. The standard InChI is InChI=1S/C27H21BrN2O2S/c1-16-25(17(2)31)26(19-9-11-22(28)12-10-19)23(14-29)27(30-16)33-15-24(32)21-8-7-18-5-3-4-6-20(18)13-21/h3-13,26,30H,15H2,1-2H3. The monoisotopic (exact) mass is 516 g/mol. The number of dihydropyridines is 1. The van der Waals surface area contributed by atoms with Gasteiger partial charge in [-0.05, 0) is 48.4 Å². The molecule has 1 N–H and O–H groups in total. The van der Waals surface area contributed by atoms with Gasteiger partial charge >= 0.3 is 0 Å². The van der Waals surface area contributed by atoms with Crippen LogP contribution < -0.4 is 5.32 Å². The third-order valence-electron chi connectivity index (χ3n) is 5.65. The molecule has 0 aliphatic carbocycles. The molecule has 1 unspecified atom stereocenters. The van der Waals surface area contributed by atoms with Crippen molar-refractivity contribution in [2.24, 2.45) is 0 Å². The predicted molar refractivity (Wildman–Crippen MR) is 137 cm³/mol. The Bertz CT molecular complexity index is 1370. The smallest absolute Gasteiger partial charge is 0.173 e. The van der Waals surface area contributed by atoms with Crippen molar-refractivity contribution in [3.63, 3.8) is 0 Å². The van der Waals surface area contributed by atoms with Crippen LogP contribution in [-0.4, -0.2) is 17.3 Å². The second kappa shape index (κ2) is 9.78. The van der Waals surface area contributed by atoms with Gasteiger partial charge in [-0.1, -0.05) is 76.2 Å². The number of thioether (sulfide) groups is 1. The highest BCUT2D eigenvalue weighted by Crippen LogP contribution is 2.41. The van der Waals surface area contributed by atoms with Gasteiger partial charge in [0.25, 0.3) is 0 Å². The molecule has 0 radical (unpaired) electrons. The second-order valence-electron chi connectivity index (χ2n) is 7.83. The first-order chi connectivity index (χ1) is 15.9. The molecule has 0 amide bonds. The summed E-state index contributed by atoms with van der Waals surface area (Å²) >= 11 is 4.74. The van der Waals surface area contributed by atoms with Gasteiger partial charge in [-0.25, -0.2) is 0 Å². The van der Waals surface area contributed by atoms with Crippen molar-refractivity contribution in [3.8, 4) is 6.07 Å². The molecule has 33 heavy (non-hydrogen) atoms. The SMILES string of the molecule is CC(=O)C1=C(C)NC(SCC(=O)c2ccc3ccccc3c2)=C(C#N)C1c1ccc(Br)cc1. The fourth-order valence-corrected chi connectivity index (χ4v) is 5.32. The molecule has 1 aliphatic heterocycles. The summed E-state index contributed by atoms with van der Waals surface area (Å²) in [6, 6.07) is 23.5. The summed E-state index contributed by atoms with van der Waals surface area (Å²) in [7, 11) is 0. The molecule has 164 valence electrons. The number of fused-ring (bicyclic) bond motifs is 1. The maximum Gasteiger partial charge on any atom is 0.173 e. The van der Waals surface area contributed by atoms with Crippen molar-refractivity contribution in [3.05, 3.63) is 104 Å². The Morgan fingerprint density at radius 3 is 2.42 bits per heavy atom. The number of ketones is 2. The lowest BCUT2D eigenvalue weighted by Crippen LogP contribution is -2.27. The molecule has 0 aromatic heterocycles. The van der Waals surface area contributed by atoms with Gasteiger partial charge in [0.05, 0.1) is 28.3 Å². The van der Waals surface area contributed by atoms with Crippen LogP contribution in [0.25, 0.3) is 10.8 Å². The number of hydrogen-bond acceptors (Lipinski definition) is 5. The zero-order valence-corrected chi connectivity index (χ0v) is 20.6. The first kappa shape index (κ1) is 23.0. The maximum absolute atomic E-state index is 12.9. The molecule has 1 heterocycles. The van der Waals surface area contributed by atoms with E-state index < -0.39 is 5.92 Å². The third kappa shape index (κ3) is 4.80. The molecule has 3 aromatic rings. The second-order valence-corrected chi connectivity index (χ2v) is 9.73. The molecule has 0 bridgehead atoms. The number of halogens is 1. The number of benzene rings is 3. The van der Waals surface area contributed by atoms with Gasteiger partial charge in [0.2, 0.25) is 0 Å². The number of hydrogen-bond donors (Lipinski definition) is 1. The Morgan fingerprint density at radius 1 is 1.06 bits per heavy atom. The Kier molecular flexibility index (Phi) is 6.83. The summed E-state index contributed by atoms with van der Waals surface area (Å²) in [5, 5.41) is 16.0. The number of carbonyl (C=O) groups excluding carboxylic acids is 2. The summed E-state index contributed by atoms with van der Waals surface area (Å²) in [6.07, 6.45) is 0. The maximum atomic E-state index is 12.9. The number of rotatable bonds is 6. The van der Waals surface area contributed by atoms with Crippen LogP contribution >= 0.6 is 27.7 Å². The van der Waals surface area contributed by atoms with Crippen molar-refractivity contribution < 1.29 is 9.59 Å². The van der Waals surface area contributed by atoms with E-state index in [1.54, 1.807) is 0 Å². The van der Waals surface area contributed by atoms with E-state index in [9.17, 15) is 14.9 Å². The van der Waals surface area contributed by atoms with Gasteiger partial charge in [0.1, 0.15) is 0 Å². The first-order valence-electron chi connectivity index (χ1n) is 10.4. The van der Waals surface area contributed by atoms with Gasteiger partial charge in [0.15, 0.2) is 11.6 Å². The highest BCUT2D eigenvalue weighted by Gasteiger charge is 2.33. The lowest BCUT2D eigenvalue weighted by atomic mass is 9.81. The number of nitrogens with one attached hydrogen (secondary N) is 1. The van der Waals surface area contributed by atoms with Crippen LogP contribution in [0.15, 0.2) is 93.1 Å². The minimum absolute atomic E-state index is 0.0171. The molecule has 4 rings (SSSR count). The predicted octanol–water partition coefficient (Wildman–Crippen LogP) is 6.50. The van der Waals surface area contributed by atoms with Crippen LogP contribution in [0, 0.1) is 11.3 Å². The zero-order chi connectivity index (χ0) is 23.5. The highest BCUT2D eigenvalue weighted by molar-refractivity contribution is 9.10.